The van der Waals surface area contributed by atoms with Crippen molar-refractivity contribution in [2.24, 2.45) is 0 Å². The number of rotatable bonds is 7. The number of nitrogens with zero attached hydrogens (tertiary/aromatic N) is 2. The number of methoxy groups -OCH3 is 2. The highest BCUT2D eigenvalue weighted by Crippen LogP contribution is 2.34. The molecule has 0 aliphatic heterocycles. The van der Waals surface area contributed by atoms with Gasteiger partial charge in [0.2, 0.25) is 0 Å². The average Bonchev–Trinajstić information content (AvgIpc) is 3.30. The van der Waals surface area contributed by atoms with Crippen LogP contribution in [0.1, 0.15) is 29.0 Å². The molecule has 1 heterocycles. The lowest BCUT2D eigenvalue weighted by Crippen LogP contribution is -2.27. The first-order valence-corrected chi connectivity index (χ1v) is 10.4. The lowest BCUT2D eigenvalue weighted by Gasteiger charge is -2.14. The average molecular weight is 445 g/mol. The first kappa shape index (κ1) is 22.1. The number of nitrogens with one attached hydrogen (secondary N) is 1. The number of halogens is 1. The number of benzene rings is 3. The van der Waals surface area contributed by atoms with Crippen molar-refractivity contribution in [2.75, 3.05) is 14.2 Å². The highest BCUT2D eigenvalue weighted by molar-refractivity contribution is 5.99. The molecule has 1 aromatic heterocycles. The Hall–Kier alpha value is -4.13. The van der Waals surface area contributed by atoms with Crippen LogP contribution < -0.4 is 14.8 Å². The topological polar surface area (TPSA) is 65.4 Å². The smallest absolute Gasteiger partial charge is 0.272 e. The highest BCUT2D eigenvalue weighted by Gasteiger charge is 2.22. The second-order valence-corrected chi connectivity index (χ2v) is 7.49. The first-order chi connectivity index (χ1) is 16.0. The van der Waals surface area contributed by atoms with Crippen molar-refractivity contribution in [3.05, 3.63) is 96.1 Å². The van der Waals surface area contributed by atoms with E-state index in [1.807, 2.05) is 36.4 Å². The van der Waals surface area contributed by atoms with Crippen molar-refractivity contribution in [1.29, 1.82) is 0 Å². The molecule has 1 amide bonds. The van der Waals surface area contributed by atoms with E-state index in [0.29, 0.717) is 22.6 Å². The van der Waals surface area contributed by atoms with E-state index in [0.717, 1.165) is 11.3 Å². The minimum Gasteiger partial charge on any atom is -0.493 e. The molecule has 1 N–H and O–H groups in total. The summed E-state index contributed by atoms with van der Waals surface area (Å²) >= 11 is 0. The van der Waals surface area contributed by atoms with Gasteiger partial charge in [0.15, 0.2) is 17.2 Å². The van der Waals surface area contributed by atoms with E-state index in [1.54, 1.807) is 56.3 Å². The maximum Gasteiger partial charge on any atom is 0.272 e. The van der Waals surface area contributed by atoms with Crippen molar-refractivity contribution in [3.8, 4) is 28.3 Å². The molecule has 0 radical (unpaired) electrons. The van der Waals surface area contributed by atoms with Crippen molar-refractivity contribution >= 4 is 5.91 Å². The Morgan fingerprint density at radius 2 is 1.73 bits per heavy atom. The SMILES string of the molecule is COc1ccc(-c2cn(-c3ccccc3)nc2C(=O)NC(C)c2cccc(F)c2)cc1OC. The van der Waals surface area contributed by atoms with E-state index in [-0.39, 0.29) is 17.4 Å². The summed E-state index contributed by atoms with van der Waals surface area (Å²) in [6, 6.07) is 20.7. The molecule has 168 valence electrons. The monoisotopic (exact) mass is 445 g/mol. The molecule has 3 aromatic carbocycles. The number of carbonyl (C=O) groups excluding carboxylic acids is 1. The van der Waals surface area contributed by atoms with Crippen LogP contribution in [-0.2, 0) is 0 Å². The number of para-hydroxylation sites is 1. The third-order valence-electron chi connectivity index (χ3n) is 5.34. The number of ether oxygens (including phenoxy) is 2. The fourth-order valence-electron chi connectivity index (χ4n) is 3.59. The molecular formula is C26H24FN3O3. The summed E-state index contributed by atoms with van der Waals surface area (Å²) in [5.74, 6) is 0.406. The van der Waals surface area contributed by atoms with E-state index >= 15 is 0 Å². The van der Waals surface area contributed by atoms with Gasteiger partial charge in [-0.3, -0.25) is 4.79 Å². The van der Waals surface area contributed by atoms with E-state index in [1.165, 1.54) is 12.1 Å². The lowest BCUT2D eigenvalue weighted by atomic mass is 10.0. The van der Waals surface area contributed by atoms with Crippen LogP contribution in [0.5, 0.6) is 11.5 Å². The molecule has 0 aliphatic rings. The zero-order valence-corrected chi connectivity index (χ0v) is 18.6. The largest absolute Gasteiger partial charge is 0.493 e. The molecule has 1 atom stereocenters. The Morgan fingerprint density at radius 3 is 2.42 bits per heavy atom. The maximum atomic E-state index is 13.6. The van der Waals surface area contributed by atoms with Crippen molar-refractivity contribution < 1.29 is 18.7 Å². The van der Waals surface area contributed by atoms with Crippen LogP contribution in [0.4, 0.5) is 4.39 Å². The number of amides is 1. The Balaban J connectivity index is 1.74. The zero-order chi connectivity index (χ0) is 23.4. The van der Waals surface area contributed by atoms with Crippen LogP contribution in [0.15, 0.2) is 79.0 Å². The van der Waals surface area contributed by atoms with E-state index in [2.05, 4.69) is 10.4 Å². The molecule has 33 heavy (non-hydrogen) atoms. The van der Waals surface area contributed by atoms with Crippen LogP contribution >= 0.6 is 0 Å². The Morgan fingerprint density at radius 1 is 0.970 bits per heavy atom. The quantitative estimate of drug-likeness (QED) is 0.425. The van der Waals surface area contributed by atoms with Crippen LogP contribution in [-0.4, -0.2) is 29.9 Å². The van der Waals surface area contributed by atoms with Gasteiger partial charge in [-0.15, -0.1) is 0 Å². The number of aromatic nitrogens is 2. The van der Waals surface area contributed by atoms with Gasteiger partial charge in [-0.25, -0.2) is 9.07 Å². The molecule has 0 fully saturated rings. The molecule has 0 aliphatic carbocycles. The van der Waals surface area contributed by atoms with Gasteiger partial charge in [-0.05, 0) is 54.4 Å². The van der Waals surface area contributed by atoms with Gasteiger partial charge in [0.05, 0.1) is 25.9 Å². The second-order valence-electron chi connectivity index (χ2n) is 7.49. The van der Waals surface area contributed by atoms with Crippen molar-refractivity contribution in [1.82, 2.24) is 15.1 Å². The normalized spacial score (nSPS) is 11.6. The van der Waals surface area contributed by atoms with Gasteiger partial charge in [-0.2, -0.15) is 5.10 Å². The Kier molecular flexibility index (Phi) is 6.40. The molecule has 4 rings (SSSR count). The van der Waals surface area contributed by atoms with E-state index in [4.69, 9.17) is 9.47 Å². The standard InChI is InChI=1S/C26H24FN3O3/c1-17(18-8-7-9-20(27)14-18)28-26(31)25-22(16-30(29-25)21-10-5-4-6-11-21)19-12-13-23(32-2)24(15-19)33-3/h4-17H,1-3H3,(H,28,31). The number of hydrogen-bond donors (Lipinski definition) is 1. The Labute approximate surface area is 191 Å². The highest BCUT2D eigenvalue weighted by atomic mass is 19.1. The fraction of sp³-hybridized carbons (Fsp3) is 0.154. The van der Waals surface area contributed by atoms with Gasteiger partial charge in [0.1, 0.15) is 5.82 Å². The molecule has 0 saturated heterocycles. The summed E-state index contributed by atoms with van der Waals surface area (Å²) in [7, 11) is 3.13. The van der Waals surface area contributed by atoms with Gasteiger partial charge in [0, 0.05) is 11.8 Å². The van der Waals surface area contributed by atoms with Crippen LogP contribution in [0, 0.1) is 5.82 Å². The Bertz CT molecular complexity index is 1270. The third kappa shape index (κ3) is 4.72. The molecular weight excluding hydrogens is 421 g/mol. The van der Waals surface area contributed by atoms with Gasteiger partial charge in [-0.1, -0.05) is 36.4 Å². The predicted octanol–water partition coefficient (Wildman–Crippen LogP) is 5.19. The lowest BCUT2D eigenvalue weighted by molar-refractivity contribution is 0.0935. The molecule has 0 bridgehead atoms. The summed E-state index contributed by atoms with van der Waals surface area (Å²) in [4.78, 5) is 13.3. The number of hydrogen-bond acceptors (Lipinski definition) is 4. The maximum absolute atomic E-state index is 13.6. The molecule has 1 unspecified atom stereocenters. The molecule has 0 spiro atoms. The van der Waals surface area contributed by atoms with Crippen LogP contribution in [0.3, 0.4) is 0 Å². The summed E-state index contributed by atoms with van der Waals surface area (Å²) in [5, 5.41) is 7.51. The first-order valence-electron chi connectivity index (χ1n) is 10.4. The summed E-state index contributed by atoms with van der Waals surface area (Å²) < 4.78 is 26.1. The molecule has 4 aromatic rings. The number of carbonyl (C=O) groups is 1. The van der Waals surface area contributed by atoms with Gasteiger partial charge < -0.3 is 14.8 Å². The minimum atomic E-state index is -0.409. The summed E-state index contributed by atoms with van der Waals surface area (Å²) in [6.07, 6.45) is 1.80. The van der Waals surface area contributed by atoms with Crippen LogP contribution in [0.2, 0.25) is 0 Å². The van der Waals surface area contributed by atoms with Gasteiger partial charge in [0.25, 0.3) is 5.91 Å². The molecule has 6 nitrogen and oxygen atoms in total. The predicted molar refractivity (Wildman–Crippen MR) is 124 cm³/mol. The molecule has 0 saturated carbocycles. The van der Waals surface area contributed by atoms with Crippen molar-refractivity contribution in [3.63, 3.8) is 0 Å². The second kappa shape index (κ2) is 9.56. The summed E-state index contributed by atoms with van der Waals surface area (Å²) in [5.41, 5.74) is 3.10. The van der Waals surface area contributed by atoms with E-state index < -0.39 is 6.04 Å². The van der Waals surface area contributed by atoms with Crippen molar-refractivity contribution in [2.45, 2.75) is 13.0 Å². The zero-order valence-electron chi connectivity index (χ0n) is 18.6. The van der Waals surface area contributed by atoms with Gasteiger partial charge >= 0.3 is 0 Å². The molecule has 7 heteroatoms. The fourth-order valence-corrected chi connectivity index (χ4v) is 3.59. The van der Waals surface area contributed by atoms with Crippen LogP contribution in [0.25, 0.3) is 16.8 Å². The summed E-state index contributed by atoms with van der Waals surface area (Å²) in [6.45, 7) is 1.80. The van der Waals surface area contributed by atoms with E-state index in [9.17, 15) is 9.18 Å². The minimum absolute atomic E-state index is 0.245. The third-order valence-corrected chi connectivity index (χ3v) is 5.34.